The van der Waals surface area contributed by atoms with Crippen molar-refractivity contribution in [3.8, 4) is 33.6 Å². The van der Waals surface area contributed by atoms with Crippen LogP contribution in [-0.2, 0) is 14.3 Å². The lowest BCUT2D eigenvalue weighted by atomic mass is 9.98. The van der Waals surface area contributed by atoms with Crippen LogP contribution in [0.3, 0.4) is 0 Å². The van der Waals surface area contributed by atoms with Crippen LogP contribution >= 0.6 is 0 Å². The molecule has 14 heteroatoms. The number of aromatic amines is 2. The van der Waals surface area contributed by atoms with Gasteiger partial charge in [-0.2, -0.15) is 0 Å². The second kappa shape index (κ2) is 15.5. The molecule has 59 heavy (non-hydrogen) atoms. The number of likely N-dealkylation sites (tertiary alicyclic amines) is 2. The second-order valence-electron chi connectivity index (χ2n) is 17.1. The minimum atomic E-state index is -1.17. The minimum absolute atomic E-state index is 0.0561. The van der Waals surface area contributed by atoms with Gasteiger partial charge >= 0.3 is 12.2 Å². The van der Waals surface area contributed by atoms with Gasteiger partial charge in [-0.15, -0.1) is 0 Å². The van der Waals surface area contributed by atoms with Crippen molar-refractivity contribution in [1.82, 2.24) is 40.4 Å². The Hall–Kier alpha value is -6.18. The lowest BCUT2D eigenvalue weighted by molar-refractivity contribution is -0.135. The van der Waals surface area contributed by atoms with Crippen LogP contribution in [0.2, 0.25) is 0 Å². The smallest absolute Gasteiger partial charge is 0.407 e. The van der Waals surface area contributed by atoms with Crippen LogP contribution in [-0.4, -0.2) is 91.1 Å². The predicted molar refractivity (Wildman–Crippen MR) is 221 cm³/mol. The normalized spacial score (nSPS) is 22.6. The molecular weight excluding hydrogens is 749 g/mol. The van der Waals surface area contributed by atoms with Crippen molar-refractivity contribution in [2.75, 3.05) is 20.2 Å². The number of nitrogens with one attached hydrogen (secondary N) is 4. The van der Waals surface area contributed by atoms with Crippen molar-refractivity contribution in [2.24, 2.45) is 23.7 Å². The summed E-state index contributed by atoms with van der Waals surface area (Å²) in [7, 11) is 1.31. The maximum Gasteiger partial charge on any atom is 0.407 e. The van der Waals surface area contributed by atoms with Gasteiger partial charge in [0, 0.05) is 18.7 Å². The van der Waals surface area contributed by atoms with E-state index < -0.39 is 24.3 Å². The Morgan fingerprint density at radius 2 is 1.14 bits per heavy atom. The van der Waals surface area contributed by atoms with E-state index in [2.05, 4.69) is 95.1 Å². The van der Waals surface area contributed by atoms with E-state index in [4.69, 9.17) is 14.7 Å². The van der Waals surface area contributed by atoms with Crippen LogP contribution in [0, 0.1) is 23.7 Å². The van der Waals surface area contributed by atoms with Crippen LogP contribution in [0.25, 0.3) is 44.4 Å². The molecule has 2 saturated carbocycles. The molecule has 4 fully saturated rings. The highest BCUT2D eigenvalue weighted by Gasteiger charge is 2.46. The monoisotopic (exact) mass is 798 g/mol. The van der Waals surface area contributed by atoms with Crippen LogP contribution in [0.5, 0.6) is 0 Å². The van der Waals surface area contributed by atoms with E-state index in [0.717, 1.165) is 88.8 Å². The van der Waals surface area contributed by atoms with E-state index in [1.165, 1.54) is 7.11 Å². The first-order chi connectivity index (χ1) is 28.5. The van der Waals surface area contributed by atoms with Gasteiger partial charge in [-0.3, -0.25) is 9.59 Å². The highest BCUT2D eigenvalue weighted by molar-refractivity contribution is 5.91. The maximum absolute atomic E-state index is 13.8. The zero-order chi connectivity index (χ0) is 40.9. The topological polar surface area (TPSA) is 186 Å². The summed E-state index contributed by atoms with van der Waals surface area (Å²) in [6.45, 7) is 5.42. The Morgan fingerprint density at radius 1 is 0.678 bits per heavy atom. The largest absolute Gasteiger partial charge is 0.465 e. The van der Waals surface area contributed by atoms with Gasteiger partial charge in [-0.05, 0) is 102 Å². The molecule has 2 aromatic heterocycles. The first-order valence-electron chi connectivity index (χ1n) is 20.7. The highest BCUT2D eigenvalue weighted by atomic mass is 16.5. The van der Waals surface area contributed by atoms with Crippen molar-refractivity contribution in [1.29, 1.82) is 0 Å². The number of fused-ring (bicyclic) bond motifs is 1. The number of nitrogens with zero attached hydrogens (tertiary/aromatic N) is 4. The molecule has 0 bridgehead atoms. The first-order valence-corrected chi connectivity index (χ1v) is 20.7. The Kier molecular flexibility index (Phi) is 10.1. The summed E-state index contributed by atoms with van der Waals surface area (Å²) in [5.41, 5.74) is 5.87. The number of hydrogen-bond acceptors (Lipinski definition) is 7. The van der Waals surface area contributed by atoms with Gasteiger partial charge in [-0.1, -0.05) is 62.4 Å². The molecule has 0 radical (unpaired) electrons. The Balaban J connectivity index is 0.879. The molecule has 6 atom stereocenters. The third-order valence-electron chi connectivity index (χ3n) is 12.5. The molecule has 4 aliphatic rings. The molecule has 2 aliphatic heterocycles. The zero-order valence-corrected chi connectivity index (χ0v) is 33.5. The number of alkyl carbamates (subject to hydrolysis) is 1. The molecule has 2 saturated heterocycles. The third kappa shape index (κ3) is 7.87. The summed E-state index contributed by atoms with van der Waals surface area (Å²) in [4.78, 5) is 71.0. The summed E-state index contributed by atoms with van der Waals surface area (Å²) in [5.74, 6) is 1.97. The molecule has 4 heterocycles. The lowest BCUT2D eigenvalue weighted by Crippen LogP contribution is -2.49. The minimum Gasteiger partial charge on any atom is -0.465 e. The fourth-order valence-corrected chi connectivity index (χ4v) is 9.14. The summed E-state index contributed by atoms with van der Waals surface area (Å²) >= 11 is 0. The van der Waals surface area contributed by atoms with E-state index in [-0.39, 0.29) is 41.7 Å². The number of rotatable bonds is 11. The van der Waals surface area contributed by atoms with Gasteiger partial charge in [0.15, 0.2) is 0 Å². The number of benzene rings is 3. The highest BCUT2D eigenvalue weighted by Crippen LogP contribution is 2.41. The molecule has 4 amide bonds. The Labute approximate surface area is 342 Å². The molecule has 2 unspecified atom stereocenters. The van der Waals surface area contributed by atoms with Crippen LogP contribution < -0.4 is 10.6 Å². The zero-order valence-electron chi connectivity index (χ0n) is 33.5. The van der Waals surface area contributed by atoms with E-state index in [9.17, 15) is 24.3 Å². The van der Waals surface area contributed by atoms with Crippen molar-refractivity contribution in [3.05, 3.63) is 84.7 Å². The molecule has 9 rings (SSSR count). The SMILES string of the molecule is COC(=O)NC(C(=O)N1C[C@@H](C)C[C@H]1c1ncc(-c2ccc3cc(-c4ccc(-c5cnc([C@@H]6C[C@H](C)CN6C(=O)C(NC(=O)O)C6CC6)[nH]5)cc4)ccc3c2)[nH]1)C1CC1. The molecule has 3 aromatic carbocycles. The number of H-pyrrole nitrogens is 2. The molecular formula is C45H50N8O6. The van der Waals surface area contributed by atoms with E-state index >= 15 is 0 Å². The maximum atomic E-state index is 13.8. The standard InChI is InChI=1S/C45H50N8O6/c1-24-16-36(52(22-24)42(54)38(28-8-9-28)50-44(56)57)40-46-20-34(48-40)27-6-4-26(5-7-27)30-12-13-32-19-33(15-14-31(32)18-30)35-21-47-41(49-35)37-17-25(2)23-53(37)43(55)39(29-10-11-29)51-45(58)59-3/h4-7,12-15,18-21,24-25,28-29,36-39,50H,8-11,16-17,22-23H2,1-3H3,(H,46,48)(H,47,49)(H,51,58)(H,56,57)/t24-,25-,36-,37-,38?,39?/m0/s1. The summed E-state index contributed by atoms with van der Waals surface area (Å²) in [6.07, 6.45) is 6.95. The van der Waals surface area contributed by atoms with Crippen molar-refractivity contribution >= 4 is 34.8 Å². The van der Waals surface area contributed by atoms with Crippen molar-refractivity contribution < 1.29 is 29.0 Å². The first kappa shape index (κ1) is 38.3. The lowest BCUT2D eigenvalue weighted by Gasteiger charge is -2.28. The van der Waals surface area contributed by atoms with E-state index in [1.807, 2.05) is 11.1 Å². The molecule has 5 aromatic rings. The predicted octanol–water partition coefficient (Wildman–Crippen LogP) is 7.29. The second-order valence-corrected chi connectivity index (χ2v) is 17.1. The Morgan fingerprint density at radius 3 is 1.64 bits per heavy atom. The van der Waals surface area contributed by atoms with Crippen molar-refractivity contribution in [3.63, 3.8) is 0 Å². The van der Waals surface area contributed by atoms with Crippen LogP contribution in [0.15, 0.2) is 73.1 Å². The van der Waals surface area contributed by atoms with E-state index in [1.54, 1.807) is 11.1 Å². The Bertz CT molecular complexity index is 2400. The van der Waals surface area contributed by atoms with Gasteiger partial charge in [0.25, 0.3) is 0 Å². The average Bonchev–Trinajstić information content (AvgIpc) is 4.05. The number of carbonyl (C=O) groups is 4. The third-order valence-corrected chi connectivity index (χ3v) is 12.5. The quantitative estimate of drug-likeness (QED) is 0.0922. The van der Waals surface area contributed by atoms with Gasteiger partial charge in [-0.25, -0.2) is 19.6 Å². The number of amides is 4. The van der Waals surface area contributed by atoms with Gasteiger partial charge in [0.1, 0.15) is 23.7 Å². The van der Waals surface area contributed by atoms with Gasteiger partial charge in [0.05, 0.1) is 43.0 Å². The van der Waals surface area contributed by atoms with Gasteiger partial charge < -0.3 is 40.2 Å². The fraction of sp³-hybridized carbons (Fsp3) is 0.422. The van der Waals surface area contributed by atoms with Crippen LogP contribution in [0.4, 0.5) is 9.59 Å². The molecule has 2 aliphatic carbocycles. The number of imidazole rings is 2. The number of methoxy groups -OCH3 is 1. The van der Waals surface area contributed by atoms with Crippen LogP contribution in [0.1, 0.15) is 76.1 Å². The average molecular weight is 799 g/mol. The molecule has 0 spiro atoms. The number of carboxylic acid groups (broad SMARTS) is 1. The summed E-state index contributed by atoms with van der Waals surface area (Å²) in [6, 6.07) is 19.4. The number of hydrogen-bond donors (Lipinski definition) is 5. The van der Waals surface area contributed by atoms with Gasteiger partial charge in [0.2, 0.25) is 11.8 Å². The molecule has 306 valence electrons. The fourth-order valence-electron chi connectivity index (χ4n) is 9.14. The molecule has 14 nitrogen and oxygen atoms in total. The van der Waals surface area contributed by atoms with E-state index in [0.29, 0.717) is 24.8 Å². The summed E-state index contributed by atoms with van der Waals surface area (Å²) in [5, 5.41) is 16.8. The number of aromatic nitrogens is 4. The number of carbonyl (C=O) groups excluding carboxylic acids is 3. The molecule has 5 N–H and O–H groups in total. The summed E-state index contributed by atoms with van der Waals surface area (Å²) < 4.78 is 4.81. The van der Waals surface area contributed by atoms with Crippen molar-refractivity contribution in [2.45, 2.75) is 76.5 Å². The number of ether oxygens (including phenoxy) is 1.